The van der Waals surface area contributed by atoms with Crippen LogP contribution >= 0.6 is 0 Å². The van der Waals surface area contributed by atoms with Crippen molar-refractivity contribution < 1.29 is 14.6 Å². The van der Waals surface area contributed by atoms with Gasteiger partial charge in [0.2, 0.25) is 0 Å². The highest BCUT2D eigenvalue weighted by atomic mass is 16.5. The van der Waals surface area contributed by atoms with Gasteiger partial charge >= 0.3 is 5.97 Å². The molecule has 0 aliphatic heterocycles. The molecule has 5 aromatic rings. The summed E-state index contributed by atoms with van der Waals surface area (Å²) in [7, 11) is 1.58. The molecule has 0 amide bonds. The number of aromatic nitrogens is 5. The van der Waals surface area contributed by atoms with Crippen molar-refractivity contribution in [1.29, 1.82) is 0 Å². The highest BCUT2D eigenvalue weighted by Gasteiger charge is 2.24. The lowest BCUT2D eigenvalue weighted by molar-refractivity contribution is -0.141. The molecule has 0 aliphatic carbocycles. The van der Waals surface area contributed by atoms with Gasteiger partial charge < -0.3 is 9.84 Å². The van der Waals surface area contributed by atoms with Crippen LogP contribution in [0.1, 0.15) is 17.3 Å². The van der Waals surface area contributed by atoms with Gasteiger partial charge in [-0.2, -0.15) is 5.10 Å². The van der Waals surface area contributed by atoms with Crippen LogP contribution < -0.4 is 5.56 Å². The molecule has 9 heteroatoms. The quantitative estimate of drug-likeness (QED) is 0.401. The van der Waals surface area contributed by atoms with Crippen LogP contribution in [0.4, 0.5) is 0 Å². The first-order valence-electron chi connectivity index (χ1n) is 10.7. The minimum absolute atomic E-state index is 0.0420. The van der Waals surface area contributed by atoms with Crippen LogP contribution in [0.25, 0.3) is 27.8 Å². The van der Waals surface area contributed by atoms with E-state index in [-0.39, 0.29) is 18.5 Å². The Labute approximate surface area is 193 Å². The van der Waals surface area contributed by atoms with Gasteiger partial charge in [-0.15, -0.1) is 10.2 Å². The van der Waals surface area contributed by atoms with Crippen LogP contribution in [0.2, 0.25) is 0 Å². The van der Waals surface area contributed by atoms with Crippen LogP contribution in [0.15, 0.2) is 77.7 Å². The van der Waals surface area contributed by atoms with Crippen molar-refractivity contribution in [3.05, 3.63) is 94.5 Å². The third-order valence-corrected chi connectivity index (χ3v) is 5.72. The van der Waals surface area contributed by atoms with E-state index in [0.29, 0.717) is 16.9 Å². The number of carbonyl (C=O) groups is 1. The number of aliphatic carboxylic acids is 1. The van der Waals surface area contributed by atoms with E-state index in [1.165, 1.54) is 10.8 Å². The summed E-state index contributed by atoms with van der Waals surface area (Å²) < 4.78 is 8.09. The van der Waals surface area contributed by atoms with E-state index >= 15 is 0 Å². The average molecular weight is 455 g/mol. The van der Waals surface area contributed by atoms with Gasteiger partial charge in [0.05, 0.1) is 17.9 Å². The Balaban J connectivity index is 1.68. The van der Waals surface area contributed by atoms with E-state index in [1.54, 1.807) is 17.7 Å². The van der Waals surface area contributed by atoms with Gasteiger partial charge in [-0.25, -0.2) is 9.31 Å². The minimum Gasteiger partial charge on any atom is -0.480 e. The first-order chi connectivity index (χ1) is 16.6. The van der Waals surface area contributed by atoms with E-state index in [4.69, 9.17) is 4.74 Å². The number of hydrogen-bond donors (Lipinski definition) is 1. The lowest BCUT2D eigenvalue weighted by Gasteiger charge is -2.16. The molecular weight excluding hydrogens is 434 g/mol. The molecule has 170 valence electrons. The van der Waals surface area contributed by atoms with Gasteiger partial charge in [-0.3, -0.25) is 9.36 Å². The number of benzene rings is 2. The molecule has 0 unspecified atom stereocenters. The Morgan fingerprint density at radius 1 is 1.03 bits per heavy atom. The molecule has 34 heavy (non-hydrogen) atoms. The smallest absolute Gasteiger partial charge is 0.327 e. The SMILES string of the molecule is COCc1nn2c(nnc3c(=O)n([C@@H](Cc4ccccc4)C(=O)O)ccc32)c1-c1ccccc1. The minimum atomic E-state index is -1.10. The van der Waals surface area contributed by atoms with Crippen LogP contribution in [0.3, 0.4) is 0 Å². The maximum atomic E-state index is 13.3. The fraction of sp³-hybridized carbons (Fsp3) is 0.160. The van der Waals surface area contributed by atoms with Crippen molar-refractivity contribution in [2.45, 2.75) is 19.1 Å². The Morgan fingerprint density at radius 2 is 1.74 bits per heavy atom. The summed E-state index contributed by atoms with van der Waals surface area (Å²) in [6, 6.07) is 19.4. The van der Waals surface area contributed by atoms with E-state index in [9.17, 15) is 14.7 Å². The highest BCUT2D eigenvalue weighted by Crippen LogP contribution is 2.29. The second kappa shape index (κ2) is 8.87. The molecule has 5 rings (SSSR count). The number of methoxy groups -OCH3 is 1. The van der Waals surface area contributed by atoms with Crippen LogP contribution in [0, 0.1) is 0 Å². The first kappa shape index (κ1) is 21.5. The lowest BCUT2D eigenvalue weighted by Crippen LogP contribution is -2.31. The van der Waals surface area contributed by atoms with Gasteiger partial charge in [-0.1, -0.05) is 60.7 Å². The van der Waals surface area contributed by atoms with E-state index in [0.717, 1.165) is 16.7 Å². The summed E-state index contributed by atoms with van der Waals surface area (Å²) in [5.74, 6) is -1.10. The number of fused-ring (bicyclic) bond motifs is 3. The van der Waals surface area contributed by atoms with Gasteiger partial charge in [-0.05, 0) is 17.2 Å². The molecule has 0 radical (unpaired) electrons. The number of nitrogens with zero attached hydrogens (tertiary/aromatic N) is 5. The molecule has 0 saturated heterocycles. The van der Waals surface area contributed by atoms with Gasteiger partial charge in [0.15, 0.2) is 11.2 Å². The second-order valence-corrected chi connectivity index (χ2v) is 7.86. The van der Waals surface area contributed by atoms with Crippen LogP contribution in [-0.4, -0.2) is 42.6 Å². The van der Waals surface area contributed by atoms with Gasteiger partial charge in [0, 0.05) is 19.7 Å². The normalized spacial score (nSPS) is 12.3. The molecule has 1 atom stereocenters. The number of carboxylic acid groups (broad SMARTS) is 1. The van der Waals surface area contributed by atoms with Crippen molar-refractivity contribution >= 4 is 22.6 Å². The molecule has 1 N–H and O–H groups in total. The molecular formula is C25H21N5O4. The van der Waals surface area contributed by atoms with Gasteiger partial charge in [0.1, 0.15) is 11.6 Å². The average Bonchev–Trinajstić information content (AvgIpc) is 3.23. The molecule has 3 aromatic heterocycles. The third-order valence-electron chi connectivity index (χ3n) is 5.72. The Morgan fingerprint density at radius 3 is 2.41 bits per heavy atom. The summed E-state index contributed by atoms with van der Waals surface area (Å²) in [5, 5.41) is 23.0. The standard InChI is InChI=1S/C25H21N5O4/c1-34-15-18-21(17-10-6-3-7-11-17)23-27-26-22-19(30(23)28-18)12-13-29(24(22)31)20(25(32)33)14-16-8-4-2-5-9-16/h2-13,20H,14-15H2,1H3,(H,32,33)/t20-/m0/s1. The highest BCUT2D eigenvalue weighted by molar-refractivity contribution is 5.84. The summed E-state index contributed by atoms with van der Waals surface area (Å²) in [6.45, 7) is 0.254. The van der Waals surface area contributed by atoms with Crippen molar-refractivity contribution in [2.75, 3.05) is 7.11 Å². The fourth-order valence-electron chi connectivity index (χ4n) is 4.13. The largest absolute Gasteiger partial charge is 0.480 e. The zero-order valence-corrected chi connectivity index (χ0v) is 18.3. The molecule has 3 heterocycles. The Kier molecular flexibility index (Phi) is 5.60. The molecule has 0 bridgehead atoms. The number of pyridine rings is 1. The van der Waals surface area contributed by atoms with E-state index in [1.807, 2.05) is 60.7 Å². The lowest BCUT2D eigenvalue weighted by atomic mass is 10.1. The summed E-state index contributed by atoms with van der Waals surface area (Å²) >= 11 is 0. The molecule has 2 aromatic carbocycles. The monoisotopic (exact) mass is 455 g/mol. The zero-order valence-electron chi connectivity index (χ0n) is 18.3. The maximum Gasteiger partial charge on any atom is 0.327 e. The van der Waals surface area contributed by atoms with E-state index in [2.05, 4.69) is 15.3 Å². The van der Waals surface area contributed by atoms with Crippen molar-refractivity contribution in [1.82, 2.24) is 24.4 Å². The predicted octanol–water partition coefficient (Wildman–Crippen LogP) is 3.12. The summed E-state index contributed by atoms with van der Waals surface area (Å²) in [6.07, 6.45) is 1.64. The predicted molar refractivity (Wildman–Crippen MR) is 126 cm³/mol. The van der Waals surface area contributed by atoms with E-state index < -0.39 is 17.6 Å². The third kappa shape index (κ3) is 3.71. The Hall–Kier alpha value is -4.37. The molecule has 0 aliphatic rings. The maximum absolute atomic E-state index is 13.3. The summed E-state index contributed by atoms with van der Waals surface area (Å²) in [4.78, 5) is 25.4. The molecule has 9 nitrogen and oxygen atoms in total. The molecule has 0 saturated carbocycles. The fourth-order valence-corrected chi connectivity index (χ4v) is 4.13. The molecule has 0 spiro atoms. The zero-order chi connectivity index (χ0) is 23.7. The number of carboxylic acids is 1. The van der Waals surface area contributed by atoms with Crippen molar-refractivity contribution in [3.63, 3.8) is 0 Å². The van der Waals surface area contributed by atoms with Crippen molar-refractivity contribution in [3.8, 4) is 11.1 Å². The van der Waals surface area contributed by atoms with Crippen LogP contribution in [-0.2, 0) is 22.6 Å². The van der Waals surface area contributed by atoms with Gasteiger partial charge in [0.25, 0.3) is 5.56 Å². The van der Waals surface area contributed by atoms with Crippen molar-refractivity contribution in [2.24, 2.45) is 0 Å². The summed E-state index contributed by atoms with van der Waals surface area (Å²) in [5.41, 5.74) is 3.57. The van der Waals surface area contributed by atoms with Crippen LogP contribution in [0.5, 0.6) is 0 Å². The number of ether oxygens (including phenoxy) is 1. The number of hydrogen-bond acceptors (Lipinski definition) is 6. The molecule has 0 fully saturated rings. The second-order valence-electron chi connectivity index (χ2n) is 7.86. The topological polar surface area (TPSA) is 112 Å². The number of rotatable bonds is 7. The Bertz CT molecular complexity index is 1540. The first-order valence-corrected chi connectivity index (χ1v) is 10.7.